The van der Waals surface area contributed by atoms with Crippen LogP contribution < -0.4 is 5.32 Å². The zero-order valence-corrected chi connectivity index (χ0v) is 23.5. The van der Waals surface area contributed by atoms with E-state index >= 15 is 0 Å². The smallest absolute Gasteiger partial charge is 0.255 e. The molecule has 5 rings (SSSR count). The second kappa shape index (κ2) is 11.4. The number of aromatic amines is 1. The molecule has 0 aliphatic carbocycles. The normalized spacial score (nSPS) is 16.9. The van der Waals surface area contributed by atoms with E-state index < -0.39 is 0 Å². The maximum absolute atomic E-state index is 13.7. The van der Waals surface area contributed by atoms with Gasteiger partial charge in [-0.1, -0.05) is 37.0 Å². The van der Waals surface area contributed by atoms with E-state index in [9.17, 15) is 4.79 Å². The van der Waals surface area contributed by atoms with Gasteiger partial charge in [-0.3, -0.25) is 4.79 Å². The molecule has 4 aromatic rings. The van der Waals surface area contributed by atoms with Crippen molar-refractivity contribution in [2.75, 3.05) is 31.5 Å². The molecule has 10 heteroatoms. The number of nitrogens with zero attached hydrogens (tertiary/aromatic N) is 5. The lowest BCUT2D eigenvalue weighted by Gasteiger charge is -2.38. The first-order chi connectivity index (χ1) is 18.4. The fraction of sp³-hybridized carbons (Fsp3) is 0.429. The molecule has 1 fully saturated rings. The van der Waals surface area contributed by atoms with Crippen molar-refractivity contribution in [3.8, 4) is 0 Å². The summed E-state index contributed by atoms with van der Waals surface area (Å²) in [7, 11) is 0. The minimum atomic E-state index is -0.173. The lowest BCUT2D eigenvalue weighted by atomic mass is 9.99. The molecular formula is C28H33Cl2N7O. The molecule has 0 spiro atoms. The van der Waals surface area contributed by atoms with E-state index in [4.69, 9.17) is 23.2 Å². The first-order valence-electron chi connectivity index (χ1n) is 13.3. The van der Waals surface area contributed by atoms with Crippen LogP contribution in [0.15, 0.2) is 36.7 Å². The quantitative estimate of drug-likeness (QED) is 0.265. The van der Waals surface area contributed by atoms with Crippen LogP contribution in [0.3, 0.4) is 0 Å². The molecule has 2 aromatic heterocycles. The Morgan fingerprint density at radius 2 is 1.97 bits per heavy atom. The Bertz CT molecular complexity index is 1450. The number of likely N-dealkylation sites (tertiary alicyclic amines) is 1. The lowest BCUT2D eigenvalue weighted by Crippen LogP contribution is -2.49. The van der Waals surface area contributed by atoms with E-state index in [1.807, 2.05) is 30.0 Å². The zero-order chi connectivity index (χ0) is 26.8. The third-order valence-electron chi connectivity index (χ3n) is 7.43. The topological polar surface area (TPSA) is 90.0 Å². The van der Waals surface area contributed by atoms with Crippen LogP contribution in [0.5, 0.6) is 0 Å². The molecule has 1 saturated heterocycles. The number of likely N-dealkylation sites (N-methyl/N-ethyl adjacent to an activating group) is 1. The van der Waals surface area contributed by atoms with Crippen molar-refractivity contribution in [1.29, 1.82) is 0 Å². The summed E-state index contributed by atoms with van der Waals surface area (Å²) in [4.78, 5) is 35.0. The number of hydrogen-bond donors (Lipinski definition) is 2. The number of H-pyrrole nitrogens is 1. The predicted molar refractivity (Wildman–Crippen MR) is 154 cm³/mol. The van der Waals surface area contributed by atoms with Gasteiger partial charge in [-0.25, -0.2) is 15.0 Å². The second-order valence-corrected chi connectivity index (χ2v) is 10.7. The number of benzene rings is 2. The monoisotopic (exact) mass is 553 g/mol. The summed E-state index contributed by atoms with van der Waals surface area (Å²) in [6, 6.07) is 9.17. The van der Waals surface area contributed by atoms with Gasteiger partial charge < -0.3 is 20.1 Å². The van der Waals surface area contributed by atoms with Gasteiger partial charge in [0.25, 0.3) is 5.91 Å². The molecule has 1 amide bonds. The molecule has 2 N–H and O–H groups in total. The van der Waals surface area contributed by atoms with Crippen molar-refractivity contribution < 1.29 is 4.79 Å². The Hall–Kier alpha value is -2.94. The first-order valence-corrected chi connectivity index (χ1v) is 14.0. The van der Waals surface area contributed by atoms with Gasteiger partial charge in [0.05, 0.1) is 33.2 Å². The minimum absolute atomic E-state index is 0.0313. The number of carbonyl (C=O) groups is 1. The molecule has 2 atom stereocenters. The molecular weight excluding hydrogens is 521 g/mol. The summed E-state index contributed by atoms with van der Waals surface area (Å²) < 4.78 is 0. The van der Waals surface area contributed by atoms with Crippen LogP contribution in [-0.2, 0) is 0 Å². The molecule has 1 aliphatic heterocycles. The Morgan fingerprint density at radius 3 is 2.76 bits per heavy atom. The highest BCUT2D eigenvalue weighted by molar-refractivity contribution is 6.35. The number of fused-ring (bicyclic) bond motifs is 2. The average molecular weight is 555 g/mol. The van der Waals surface area contributed by atoms with Gasteiger partial charge in [-0.05, 0) is 69.6 Å². The van der Waals surface area contributed by atoms with Gasteiger partial charge >= 0.3 is 0 Å². The van der Waals surface area contributed by atoms with Gasteiger partial charge in [0, 0.05) is 29.5 Å². The maximum atomic E-state index is 13.7. The number of nitrogens with one attached hydrogen (secondary N) is 2. The summed E-state index contributed by atoms with van der Waals surface area (Å²) in [6.45, 7) is 9.89. The Morgan fingerprint density at radius 1 is 1.16 bits per heavy atom. The highest BCUT2D eigenvalue weighted by Crippen LogP contribution is 2.31. The van der Waals surface area contributed by atoms with Crippen molar-refractivity contribution in [2.24, 2.45) is 0 Å². The van der Waals surface area contributed by atoms with Gasteiger partial charge in [-0.15, -0.1) is 0 Å². The molecule has 200 valence electrons. The lowest BCUT2D eigenvalue weighted by molar-refractivity contribution is 0.0552. The number of carbonyl (C=O) groups excluding carboxylic acids is 1. The van der Waals surface area contributed by atoms with Crippen LogP contribution in [0.4, 0.5) is 5.82 Å². The zero-order valence-electron chi connectivity index (χ0n) is 22.0. The van der Waals surface area contributed by atoms with Crippen molar-refractivity contribution >= 4 is 56.9 Å². The molecule has 0 saturated carbocycles. The number of imidazole rings is 1. The molecule has 8 nitrogen and oxygen atoms in total. The number of anilines is 1. The van der Waals surface area contributed by atoms with Crippen LogP contribution in [0.25, 0.3) is 21.9 Å². The highest BCUT2D eigenvalue weighted by atomic mass is 35.5. The largest absolute Gasteiger partial charge is 0.360 e. The number of piperidine rings is 1. The number of halogens is 2. The van der Waals surface area contributed by atoms with Gasteiger partial charge in [0.1, 0.15) is 18.0 Å². The van der Waals surface area contributed by atoms with Crippen LogP contribution in [0.2, 0.25) is 10.0 Å². The van der Waals surface area contributed by atoms with E-state index in [1.165, 1.54) is 6.33 Å². The summed E-state index contributed by atoms with van der Waals surface area (Å²) in [5.74, 6) is 1.35. The third-order valence-corrected chi connectivity index (χ3v) is 7.98. The van der Waals surface area contributed by atoms with E-state index in [-0.39, 0.29) is 18.0 Å². The fourth-order valence-corrected chi connectivity index (χ4v) is 5.64. The summed E-state index contributed by atoms with van der Waals surface area (Å²) >= 11 is 12.9. The number of rotatable bonds is 8. The van der Waals surface area contributed by atoms with E-state index in [0.717, 1.165) is 67.7 Å². The molecule has 38 heavy (non-hydrogen) atoms. The molecule has 2 aromatic carbocycles. The standard InChI is InChI=1S/C28H33Cl2N7O/c1-4-36(5-2)15-19-8-6-7-11-37(19)28(38)20-14-24-21(13-22(20)30)27(32-16-31-24)33-17(3)26-34-23-10-9-18(29)12-25(23)35-26/h9-10,12-14,16-17,19H,4-8,11,15H2,1-3H3,(H,34,35)(H,31,32,33). The van der Waals surface area contributed by atoms with Crippen molar-refractivity contribution in [3.05, 3.63) is 58.1 Å². The van der Waals surface area contributed by atoms with Gasteiger partial charge in [0.15, 0.2) is 0 Å². The Kier molecular flexibility index (Phi) is 8.02. The van der Waals surface area contributed by atoms with Crippen LogP contribution >= 0.6 is 23.2 Å². The highest BCUT2D eigenvalue weighted by Gasteiger charge is 2.30. The number of hydrogen-bond acceptors (Lipinski definition) is 6. The molecule has 0 radical (unpaired) electrons. The summed E-state index contributed by atoms with van der Waals surface area (Å²) in [6.07, 6.45) is 4.66. The third kappa shape index (κ3) is 5.44. The molecule has 3 heterocycles. The van der Waals surface area contributed by atoms with Crippen molar-refractivity contribution in [2.45, 2.75) is 52.1 Å². The van der Waals surface area contributed by atoms with Gasteiger partial charge in [-0.2, -0.15) is 0 Å². The van der Waals surface area contributed by atoms with E-state index in [1.54, 1.807) is 12.1 Å². The van der Waals surface area contributed by atoms with Crippen molar-refractivity contribution in [1.82, 2.24) is 29.7 Å². The summed E-state index contributed by atoms with van der Waals surface area (Å²) in [5.41, 5.74) is 2.86. The number of aromatic nitrogens is 4. The Balaban J connectivity index is 1.41. The van der Waals surface area contributed by atoms with Crippen molar-refractivity contribution in [3.63, 3.8) is 0 Å². The van der Waals surface area contributed by atoms with Crippen LogP contribution in [-0.4, -0.2) is 67.9 Å². The fourth-order valence-electron chi connectivity index (χ4n) is 5.23. The van der Waals surface area contributed by atoms with E-state index in [2.05, 4.69) is 44.0 Å². The average Bonchev–Trinajstić information content (AvgIpc) is 3.35. The first kappa shape index (κ1) is 26.7. The SMILES string of the molecule is CCN(CC)CC1CCCCN1C(=O)c1cc2ncnc(NC(C)c3nc4cc(Cl)ccc4[nH]3)c2cc1Cl. The van der Waals surface area contributed by atoms with E-state index in [0.29, 0.717) is 26.9 Å². The second-order valence-electron chi connectivity index (χ2n) is 9.86. The summed E-state index contributed by atoms with van der Waals surface area (Å²) in [5, 5.41) is 5.21. The van der Waals surface area contributed by atoms with Gasteiger partial charge in [0.2, 0.25) is 0 Å². The predicted octanol–water partition coefficient (Wildman–Crippen LogP) is 6.32. The Labute approximate surface area is 232 Å². The molecule has 0 bridgehead atoms. The molecule has 1 aliphatic rings. The molecule has 2 unspecified atom stereocenters. The van der Waals surface area contributed by atoms with Crippen LogP contribution in [0.1, 0.15) is 62.3 Å². The minimum Gasteiger partial charge on any atom is -0.360 e. The van der Waals surface area contributed by atoms with Crippen LogP contribution in [0, 0.1) is 0 Å². The maximum Gasteiger partial charge on any atom is 0.255 e. The number of amides is 1.